The zero-order chi connectivity index (χ0) is 16.8. The summed E-state index contributed by atoms with van der Waals surface area (Å²) in [4.78, 5) is 23.3. The molecule has 1 saturated heterocycles. The lowest BCUT2D eigenvalue weighted by molar-refractivity contribution is 0.0524. The van der Waals surface area contributed by atoms with E-state index in [1.54, 1.807) is 0 Å². The SMILES string of the molecule is CCOC(=O)c1cc(CC=C[C@@H]2CSC(=O)N2)ccc1C(C)C. The second kappa shape index (κ2) is 8.20. The summed E-state index contributed by atoms with van der Waals surface area (Å²) in [6, 6.07) is 6.07. The van der Waals surface area contributed by atoms with E-state index >= 15 is 0 Å². The standard InChI is InChI=1S/C18H23NO3S/c1-4-22-17(20)16-10-13(8-9-15(16)12(2)3)6-5-7-14-11-23-18(21)19-14/h5,7-10,12,14H,4,6,11H2,1-3H3,(H,19,21)/t14-/m1/s1. The molecule has 1 fully saturated rings. The van der Waals surface area contributed by atoms with Crippen molar-refractivity contribution in [1.29, 1.82) is 0 Å². The van der Waals surface area contributed by atoms with Gasteiger partial charge in [-0.2, -0.15) is 0 Å². The van der Waals surface area contributed by atoms with Gasteiger partial charge in [0.2, 0.25) is 0 Å². The van der Waals surface area contributed by atoms with Crippen LogP contribution in [0.25, 0.3) is 0 Å². The van der Waals surface area contributed by atoms with Crippen LogP contribution in [0.5, 0.6) is 0 Å². The highest BCUT2D eigenvalue weighted by Crippen LogP contribution is 2.22. The van der Waals surface area contributed by atoms with E-state index in [4.69, 9.17) is 4.74 Å². The molecule has 0 aromatic heterocycles. The van der Waals surface area contributed by atoms with Gasteiger partial charge >= 0.3 is 5.97 Å². The zero-order valence-electron chi connectivity index (χ0n) is 13.8. The molecule has 1 aromatic rings. The second-order valence-electron chi connectivity index (χ2n) is 5.78. The molecule has 1 atom stereocenters. The van der Waals surface area contributed by atoms with E-state index in [2.05, 4.69) is 19.2 Å². The number of nitrogens with one attached hydrogen (secondary N) is 1. The molecule has 0 unspecified atom stereocenters. The Morgan fingerprint density at radius 3 is 2.87 bits per heavy atom. The number of carbonyl (C=O) groups excluding carboxylic acids is 2. The molecule has 1 heterocycles. The molecule has 1 aliphatic heterocycles. The van der Waals surface area contributed by atoms with Crippen molar-refractivity contribution in [2.75, 3.05) is 12.4 Å². The summed E-state index contributed by atoms with van der Waals surface area (Å²) in [6.45, 7) is 6.32. The fourth-order valence-corrected chi connectivity index (χ4v) is 3.25. The lowest BCUT2D eigenvalue weighted by atomic mass is 9.94. The molecule has 0 saturated carbocycles. The Balaban J connectivity index is 2.10. The molecule has 124 valence electrons. The Morgan fingerprint density at radius 1 is 1.48 bits per heavy atom. The summed E-state index contributed by atoms with van der Waals surface area (Å²) >= 11 is 1.31. The normalized spacial score (nSPS) is 17.7. The third-order valence-electron chi connectivity index (χ3n) is 3.65. The molecule has 2 rings (SSSR count). The molecular weight excluding hydrogens is 310 g/mol. The van der Waals surface area contributed by atoms with E-state index in [1.165, 1.54) is 11.8 Å². The van der Waals surface area contributed by atoms with Crippen LogP contribution in [0, 0.1) is 0 Å². The lowest BCUT2D eigenvalue weighted by Crippen LogP contribution is -2.23. The number of allylic oxidation sites excluding steroid dienone is 1. The van der Waals surface area contributed by atoms with Crippen LogP contribution in [0.1, 0.15) is 48.2 Å². The maximum Gasteiger partial charge on any atom is 0.338 e. The highest BCUT2D eigenvalue weighted by atomic mass is 32.2. The van der Waals surface area contributed by atoms with Gasteiger partial charge in [-0.3, -0.25) is 4.79 Å². The largest absolute Gasteiger partial charge is 0.462 e. The minimum absolute atomic E-state index is 0.0329. The van der Waals surface area contributed by atoms with Crippen LogP contribution in [0.2, 0.25) is 0 Å². The minimum atomic E-state index is -0.263. The smallest absolute Gasteiger partial charge is 0.338 e. The average molecular weight is 333 g/mol. The first kappa shape index (κ1) is 17.6. The molecule has 0 bridgehead atoms. The summed E-state index contributed by atoms with van der Waals surface area (Å²) < 4.78 is 5.16. The van der Waals surface area contributed by atoms with Gasteiger partial charge in [0, 0.05) is 5.75 Å². The molecule has 0 radical (unpaired) electrons. The molecular formula is C18H23NO3S. The molecule has 5 heteroatoms. The van der Waals surface area contributed by atoms with E-state index in [1.807, 2.05) is 37.3 Å². The number of amides is 1. The van der Waals surface area contributed by atoms with Crippen molar-refractivity contribution in [3.63, 3.8) is 0 Å². The summed E-state index contributed by atoms with van der Waals surface area (Å²) in [7, 11) is 0. The number of rotatable bonds is 6. The predicted octanol–water partition coefficient (Wildman–Crippen LogP) is 3.91. The van der Waals surface area contributed by atoms with E-state index in [-0.39, 0.29) is 23.2 Å². The van der Waals surface area contributed by atoms with Gasteiger partial charge in [0.1, 0.15) is 0 Å². The molecule has 1 aliphatic rings. The van der Waals surface area contributed by atoms with Crippen LogP contribution >= 0.6 is 11.8 Å². The van der Waals surface area contributed by atoms with Gasteiger partial charge in [0.15, 0.2) is 0 Å². The van der Waals surface area contributed by atoms with Gasteiger partial charge in [0.05, 0.1) is 18.2 Å². The number of hydrogen-bond donors (Lipinski definition) is 1. The van der Waals surface area contributed by atoms with Crippen LogP contribution < -0.4 is 5.32 Å². The summed E-state index contributed by atoms with van der Waals surface area (Å²) in [5.41, 5.74) is 2.72. The topological polar surface area (TPSA) is 55.4 Å². The van der Waals surface area contributed by atoms with E-state index in [0.29, 0.717) is 12.2 Å². The molecule has 4 nitrogen and oxygen atoms in total. The monoisotopic (exact) mass is 333 g/mol. The van der Waals surface area contributed by atoms with Crippen LogP contribution in [-0.4, -0.2) is 29.6 Å². The van der Waals surface area contributed by atoms with Gasteiger partial charge < -0.3 is 10.1 Å². The Kier molecular flexibility index (Phi) is 6.28. The number of carbonyl (C=O) groups is 2. The van der Waals surface area contributed by atoms with Crippen molar-refractivity contribution in [1.82, 2.24) is 5.32 Å². The van der Waals surface area contributed by atoms with Crippen LogP contribution in [0.3, 0.4) is 0 Å². The fraction of sp³-hybridized carbons (Fsp3) is 0.444. The Hall–Kier alpha value is -1.75. The van der Waals surface area contributed by atoms with Crippen molar-refractivity contribution in [2.45, 2.75) is 39.2 Å². The zero-order valence-corrected chi connectivity index (χ0v) is 14.6. The van der Waals surface area contributed by atoms with Crippen molar-refractivity contribution in [2.24, 2.45) is 0 Å². The summed E-state index contributed by atoms with van der Waals surface area (Å²) in [5.74, 6) is 0.779. The van der Waals surface area contributed by atoms with Crippen LogP contribution in [0.15, 0.2) is 30.4 Å². The van der Waals surface area contributed by atoms with Gasteiger partial charge in [-0.05, 0) is 36.5 Å². The first-order valence-corrected chi connectivity index (χ1v) is 8.89. The predicted molar refractivity (Wildman–Crippen MR) is 94.1 cm³/mol. The number of esters is 1. The molecule has 23 heavy (non-hydrogen) atoms. The lowest BCUT2D eigenvalue weighted by Gasteiger charge is -2.13. The first-order valence-electron chi connectivity index (χ1n) is 7.91. The fourth-order valence-electron chi connectivity index (χ4n) is 2.49. The Labute approximate surface area is 141 Å². The van der Waals surface area contributed by atoms with Crippen LogP contribution in [-0.2, 0) is 11.2 Å². The van der Waals surface area contributed by atoms with Crippen LogP contribution in [0.4, 0.5) is 4.79 Å². The number of thioether (sulfide) groups is 1. The Bertz CT molecular complexity index is 610. The average Bonchev–Trinajstić information content (AvgIpc) is 2.92. The van der Waals surface area contributed by atoms with Gasteiger partial charge in [-0.25, -0.2) is 4.79 Å². The molecule has 1 N–H and O–H groups in total. The van der Waals surface area contributed by atoms with Gasteiger partial charge in [-0.1, -0.05) is 49.9 Å². The molecule has 1 amide bonds. The van der Waals surface area contributed by atoms with Gasteiger partial charge in [-0.15, -0.1) is 0 Å². The maximum absolute atomic E-state index is 12.2. The number of hydrogen-bond acceptors (Lipinski definition) is 4. The summed E-state index contributed by atoms with van der Waals surface area (Å²) in [6.07, 6.45) is 4.77. The van der Waals surface area contributed by atoms with Crippen molar-refractivity contribution in [3.05, 3.63) is 47.0 Å². The number of benzene rings is 1. The Morgan fingerprint density at radius 2 is 2.26 bits per heavy atom. The van der Waals surface area contributed by atoms with E-state index < -0.39 is 0 Å². The second-order valence-corrected chi connectivity index (χ2v) is 6.77. The van der Waals surface area contributed by atoms with Gasteiger partial charge in [0.25, 0.3) is 5.24 Å². The molecule has 0 aliphatic carbocycles. The highest BCUT2D eigenvalue weighted by molar-refractivity contribution is 8.14. The van der Waals surface area contributed by atoms with E-state index in [0.717, 1.165) is 23.3 Å². The van der Waals surface area contributed by atoms with E-state index in [9.17, 15) is 9.59 Å². The molecule has 0 spiro atoms. The first-order chi connectivity index (χ1) is 11.0. The van der Waals surface area contributed by atoms with Crippen molar-refractivity contribution in [3.8, 4) is 0 Å². The third kappa shape index (κ3) is 4.86. The van der Waals surface area contributed by atoms with Crippen molar-refractivity contribution >= 4 is 23.0 Å². The quantitative estimate of drug-likeness (QED) is 0.633. The third-order valence-corrected chi connectivity index (χ3v) is 4.56. The summed E-state index contributed by atoms with van der Waals surface area (Å²) in [5, 5.41) is 2.91. The molecule has 1 aromatic carbocycles. The highest BCUT2D eigenvalue weighted by Gasteiger charge is 2.18. The number of ether oxygens (including phenoxy) is 1. The maximum atomic E-state index is 12.2. The van der Waals surface area contributed by atoms with Crippen molar-refractivity contribution < 1.29 is 14.3 Å². The minimum Gasteiger partial charge on any atom is -0.462 e.